The van der Waals surface area contributed by atoms with Gasteiger partial charge in [0, 0.05) is 32.2 Å². The smallest absolute Gasteiger partial charge is 0.248 e. The highest BCUT2D eigenvalue weighted by atomic mass is 32.2. The fraction of sp³-hybridized carbons (Fsp3) is 0.440. The van der Waals surface area contributed by atoms with Crippen molar-refractivity contribution in [1.29, 1.82) is 0 Å². The van der Waals surface area contributed by atoms with Crippen molar-refractivity contribution in [3.8, 4) is 5.75 Å². The summed E-state index contributed by atoms with van der Waals surface area (Å²) in [6, 6.07) is 11.4. The highest BCUT2D eigenvalue weighted by Gasteiger charge is 2.20. The number of benzene rings is 2. The average molecular weight is 503 g/mol. The van der Waals surface area contributed by atoms with Gasteiger partial charge >= 0.3 is 0 Å². The lowest BCUT2D eigenvalue weighted by Crippen LogP contribution is -2.32. The van der Waals surface area contributed by atoms with E-state index in [9.17, 15) is 13.2 Å². The molecule has 0 radical (unpaired) electrons. The maximum Gasteiger partial charge on any atom is 0.248 e. The lowest BCUT2D eigenvalue weighted by Gasteiger charge is -2.18. The van der Waals surface area contributed by atoms with Gasteiger partial charge < -0.3 is 25.0 Å². The van der Waals surface area contributed by atoms with Gasteiger partial charge in [-0.2, -0.15) is 0 Å². The van der Waals surface area contributed by atoms with Crippen molar-refractivity contribution in [2.45, 2.75) is 25.3 Å². The monoisotopic (exact) mass is 502 g/mol. The molecule has 1 amide bonds. The number of hydrogen-bond donors (Lipinski definition) is 2. The van der Waals surface area contributed by atoms with Gasteiger partial charge in [-0.15, -0.1) is 0 Å². The predicted octanol–water partition coefficient (Wildman–Crippen LogP) is 1.66. The third-order valence-corrected chi connectivity index (χ3v) is 7.52. The van der Waals surface area contributed by atoms with E-state index in [0.717, 1.165) is 30.1 Å². The van der Waals surface area contributed by atoms with Crippen molar-refractivity contribution in [2.24, 2.45) is 4.99 Å². The predicted molar refractivity (Wildman–Crippen MR) is 136 cm³/mol. The third kappa shape index (κ3) is 7.27. The summed E-state index contributed by atoms with van der Waals surface area (Å²) < 4.78 is 36.2. The molecule has 0 unspecified atom stereocenters. The number of amidine groups is 1. The van der Waals surface area contributed by atoms with Crippen molar-refractivity contribution >= 4 is 21.6 Å². The summed E-state index contributed by atoms with van der Waals surface area (Å²) in [7, 11) is -0.237. The number of rotatable bonds is 12. The number of carbonyl (C=O) groups excluding carboxylic acids is 1. The zero-order valence-corrected chi connectivity index (χ0v) is 21.6. The standard InChI is InChI=1S/C25H34N4O5S/c1-18-13-22(33-4)14-19(2)24(18)35(31,32)17-26-11-12-34-16-23(30)29(3)15-20-5-7-21(8-6-20)25-27-9-10-28-25/h5-8,13-14,26H,9-12,15-17H2,1-4H3,(H,27,28). The van der Waals surface area contributed by atoms with Crippen molar-refractivity contribution in [3.05, 3.63) is 58.7 Å². The molecule has 0 saturated carbocycles. The van der Waals surface area contributed by atoms with E-state index in [1.807, 2.05) is 24.3 Å². The number of hydrogen-bond acceptors (Lipinski definition) is 8. The molecule has 1 aliphatic heterocycles. The SMILES string of the molecule is COc1cc(C)c(S(=O)(=O)CNCCOCC(=O)N(C)Cc2ccc(C3=NCCN3)cc2)c(C)c1. The van der Waals surface area contributed by atoms with Crippen LogP contribution in [0.15, 0.2) is 46.3 Å². The molecule has 0 aromatic heterocycles. The topological polar surface area (TPSA) is 109 Å². The van der Waals surface area contributed by atoms with Gasteiger partial charge in [0.25, 0.3) is 0 Å². The molecule has 9 nitrogen and oxygen atoms in total. The van der Waals surface area contributed by atoms with E-state index in [0.29, 0.717) is 34.9 Å². The first-order valence-electron chi connectivity index (χ1n) is 11.5. The zero-order valence-electron chi connectivity index (χ0n) is 20.8. The molecule has 0 saturated heterocycles. The minimum absolute atomic E-state index is 0.0690. The lowest BCUT2D eigenvalue weighted by atomic mass is 10.1. The molecule has 3 rings (SSSR count). The Morgan fingerprint density at radius 1 is 1.17 bits per heavy atom. The van der Waals surface area contributed by atoms with Crippen molar-refractivity contribution < 1.29 is 22.7 Å². The Kier molecular flexibility index (Phi) is 9.25. The first-order valence-corrected chi connectivity index (χ1v) is 13.1. The van der Waals surface area contributed by atoms with Gasteiger partial charge in [-0.25, -0.2) is 8.42 Å². The molecule has 2 aromatic rings. The molecule has 10 heteroatoms. The van der Waals surface area contributed by atoms with Crippen LogP contribution in [-0.2, 0) is 25.9 Å². The quantitative estimate of drug-likeness (QED) is 0.425. The molecule has 35 heavy (non-hydrogen) atoms. The Morgan fingerprint density at radius 2 is 1.86 bits per heavy atom. The molecule has 2 aromatic carbocycles. The number of nitrogens with one attached hydrogen (secondary N) is 2. The number of methoxy groups -OCH3 is 1. The number of nitrogens with zero attached hydrogens (tertiary/aromatic N) is 2. The van der Waals surface area contributed by atoms with E-state index in [-0.39, 0.29) is 25.0 Å². The second-order valence-electron chi connectivity index (χ2n) is 8.51. The van der Waals surface area contributed by atoms with Crippen LogP contribution >= 0.6 is 0 Å². The normalized spacial score (nSPS) is 13.3. The maximum atomic E-state index is 12.8. The summed E-state index contributed by atoms with van der Waals surface area (Å²) in [5.74, 6) is 1.18. The van der Waals surface area contributed by atoms with Crippen LogP contribution in [0.5, 0.6) is 5.75 Å². The molecule has 1 heterocycles. The third-order valence-electron chi connectivity index (χ3n) is 5.67. The molecule has 2 N–H and O–H groups in total. The van der Waals surface area contributed by atoms with Crippen LogP contribution in [0.4, 0.5) is 0 Å². The van der Waals surface area contributed by atoms with Crippen molar-refractivity contribution in [2.75, 3.05) is 52.9 Å². The number of ether oxygens (including phenoxy) is 2. The van der Waals surface area contributed by atoms with E-state index in [4.69, 9.17) is 9.47 Å². The molecule has 0 spiro atoms. The minimum Gasteiger partial charge on any atom is -0.497 e. The van der Waals surface area contributed by atoms with Crippen LogP contribution in [0.2, 0.25) is 0 Å². The van der Waals surface area contributed by atoms with Crippen LogP contribution in [0.3, 0.4) is 0 Å². The highest BCUT2D eigenvalue weighted by Crippen LogP contribution is 2.26. The number of aliphatic imine (C=N–C) groups is 1. The highest BCUT2D eigenvalue weighted by molar-refractivity contribution is 7.91. The lowest BCUT2D eigenvalue weighted by molar-refractivity contribution is -0.135. The van der Waals surface area contributed by atoms with Gasteiger partial charge in [0.05, 0.1) is 25.2 Å². The van der Waals surface area contributed by atoms with Crippen LogP contribution in [0.25, 0.3) is 0 Å². The average Bonchev–Trinajstić information content (AvgIpc) is 3.36. The number of carbonyl (C=O) groups is 1. The second kappa shape index (κ2) is 12.1. The summed E-state index contributed by atoms with van der Waals surface area (Å²) in [6.45, 7) is 6.10. The van der Waals surface area contributed by atoms with Gasteiger partial charge in [0.2, 0.25) is 5.91 Å². The summed E-state index contributed by atoms with van der Waals surface area (Å²) in [4.78, 5) is 18.7. The zero-order chi connectivity index (χ0) is 25.4. The minimum atomic E-state index is -3.52. The Bertz CT molecular complexity index is 1140. The summed E-state index contributed by atoms with van der Waals surface area (Å²) in [5, 5.41) is 6.13. The van der Waals surface area contributed by atoms with E-state index < -0.39 is 9.84 Å². The van der Waals surface area contributed by atoms with E-state index in [2.05, 4.69) is 15.6 Å². The van der Waals surface area contributed by atoms with E-state index in [1.54, 1.807) is 45.0 Å². The number of likely N-dealkylation sites (N-methyl/N-ethyl adjacent to an activating group) is 1. The largest absolute Gasteiger partial charge is 0.497 e. The number of sulfone groups is 1. The first kappa shape index (κ1) is 26.7. The fourth-order valence-corrected chi connectivity index (χ4v) is 5.59. The number of amides is 1. The molecule has 0 bridgehead atoms. The van der Waals surface area contributed by atoms with Crippen molar-refractivity contribution in [1.82, 2.24) is 15.5 Å². The van der Waals surface area contributed by atoms with Crippen LogP contribution in [-0.4, -0.2) is 77.9 Å². The summed E-state index contributed by atoms with van der Waals surface area (Å²) in [6.07, 6.45) is 0. The molecule has 190 valence electrons. The summed E-state index contributed by atoms with van der Waals surface area (Å²) in [5.41, 5.74) is 3.34. The molecule has 0 atom stereocenters. The molecule has 0 aliphatic carbocycles. The van der Waals surface area contributed by atoms with Crippen LogP contribution in [0.1, 0.15) is 22.3 Å². The van der Waals surface area contributed by atoms with Gasteiger partial charge in [0.1, 0.15) is 24.1 Å². The molecular weight excluding hydrogens is 468 g/mol. The Labute approximate surface area is 207 Å². The fourth-order valence-electron chi connectivity index (χ4n) is 3.93. The number of aryl methyl sites for hydroxylation is 2. The Balaban J connectivity index is 1.38. The van der Waals surface area contributed by atoms with E-state index >= 15 is 0 Å². The van der Waals surface area contributed by atoms with Crippen LogP contribution < -0.4 is 15.4 Å². The first-order chi connectivity index (χ1) is 16.7. The van der Waals surface area contributed by atoms with Crippen LogP contribution in [0, 0.1) is 13.8 Å². The Hall–Kier alpha value is -2.95. The van der Waals surface area contributed by atoms with Crippen molar-refractivity contribution in [3.63, 3.8) is 0 Å². The van der Waals surface area contributed by atoms with Gasteiger partial charge in [-0.05, 0) is 42.7 Å². The van der Waals surface area contributed by atoms with Gasteiger partial charge in [-0.1, -0.05) is 24.3 Å². The molecule has 0 fully saturated rings. The molecule has 1 aliphatic rings. The van der Waals surface area contributed by atoms with Gasteiger partial charge in [0.15, 0.2) is 9.84 Å². The molecular formula is C25H34N4O5S. The Morgan fingerprint density at radius 3 is 2.46 bits per heavy atom. The maximum absolute atomic E-state index is 12.8. The summed E-state index contributed by atoms with van der Waals surface area (Å²) >= 11 is 0. The van der Waals surface area contributed by atoms with Gasteiger partial charge in [-0.3, -0.25) is 9.79 Å². The van der Waals surface area contributed by atoms with E-state index in [1.165, 1.54) is 0 Å². The second-order valence-corrected chi connectivity index (χ2v) is 10.4.